The minimum absolute atomic E-state index is 0. The fraction of sp³-hybridized carbons (Fsp3) is 0.100. The van der Waals surface area contributed by atoms with Crippen LogP contribution >= 0.6 is 24.8 Å². The highest BCUT2D eigenvalue weighted by atomic mass is 35.5. The number of hydrogen-bond acceptors (Lipinski definition) is 2. The Morgan fingerprint density at radius 1 is 1.14 bits per heavy atom. The summed E-state index contributed by atoms with van der Waals surface area (Å²) < 4.78 is 0. The van der Waals surface area contributed by atoms with Crippen LogP contribution < -0.4 is 5.73 Å². The molecule has 0 spiro atoms. The Hall–Kier alpha value is -0.990. The second-order valence-corrected chi connectivity index (χ2v) is 2.87. The van der Waals surface area contributed by atoms with Crippen LogP contribution in [-0.4, -0.2) is 4.98 Å². The highest BCUT2D eigenvalue weighted by Gasteiger charge is 1.97. The molecule has 1 aromatic heterocycles. The minimum Gasteiger partial charge on any atom is -0.398 e. The van der Waals surface area contributed by atoms with Crippen LogP contribution in [0.15, 0.2) is 30.3 Å². The van der Waals surface area contributed by atoms with Crippen LogP contribution in [-0.2, 0) is 0 Å². The lowest BCUT2D eigenvalue weighted by atomic mass is 10.2. The number of rotatable bonds is 0. The highest BCUT2D eigenvalue weighted by Crippen LogP contribution is 2.19. The number of nitrogens with two attached hydrogens (primary N) is 1. The van der Waals surface area contributed by atoms with Gasteiger partial charge >= 0.3 is 0 Å². The van der Waals surface area contributed by atoms with Crippen molar-refractivity contribution in [3.05, 3.63) is 36.0 Å². The molecule has 2 nitrogen and oxygen atoms in total. The third kappa shape index (κ3) is 2.28. The maximum absolute atomic E-state index is 5.82. The fourth-order valence-corrected chi connectivity index (χ4v) is 1.34. The van der Waals surface area contributed by atoms with E-state index in [-0.39, 0.29) is 24.8 Å². The molecule has 0 bridgehead atoms. The number of aromatic nitrogens is 1. The molecule has 1 aromatic carbocycles. The summed E-state index contributed by atoms with van der Waals surface area (Å²) in [5.41, 5.74) is 8.55. The first-order chi connectivity index (χ1) is 5.77. The van der Waals surface area contributed by atoms with E-state index in [9.17, 15) is 0 Å². The molecule has 2 aromatic rings. The Morgan fingerprint density at radius 2 is 1.79 bits per heavy atom. The lowest BCUT2D eigenvalue weighted by Crippen LogP contribution is -1.91. The van der Waals surface area contributed by atoms with Gasteiger partial charge in [-0.1, -0.05) is 18.2 Å². The van der Waals surface area contributed by atoms with Crippen LogP contribution in [0.3, 0.4) is 0 Å². The van der Waals surface area contributed by atoms with Gasteiger partial charge in [0.25, 0.3) is 0 Å². The van der Waals surface area contributed by atoms with Crippen LogP contribution in [0.1, 0.15) is 5.69 Å². The summed E-state index contributed by atoms with van der Waals surface area (Å²) in [5, 5.41) is 1.03. The van der Waals surface area contributed by atoms with Gasteiger partial charge in [0, 0.05) is 16.8 Å². The van der Waals surface area contributed by atoms with Gasteiger partial charge in [0.15, 0.2) is 0 Å². The molecule has 0 atom stereocenters. The van der Waals surface area contributed by atoms with E-state index in [4.69, 9.17) is 5.73 Å². The Kier molecular flexibility index (Phi) is 4.68. The molecule has 0 radical (unpaired) electrons. The number of para-hydroxylation sites is 1. The van der Waals surface area contributed by atoms with Crippen LogP contribution in [0.4, 0.5) is 5.69 Å². The number of pyridine rings is 1. The topological polar surface area (TPSA) is 38.9 Å². The van der Waals surface area contributed by atoms with Crippen molar-refractivity contribution in [2.75, 3.05) is 5.73 Å². The smallest absolute Gasteiger partial charge is 0.0725 e. The van der Waals surface area contributed by atoms with Crippen molar-refractivity contribution < 1.29 is 0 Å². The minimum atomic E-state index is 0. The van der Waals surface area contributed by atoms with Crippen LogP contribution in [0.2, 0.25) is 0 Å². The van der Waals surface area contributed by atoms with Gasteiger partial charge in [-0.05, 0) is 19.1 Å². The SMILES string of the molecule is Cc1cc(N)c2ccccc2n1.Cl.Cl. The maximum atomic E-state index is 5.82. The normalized spacial score (nSPS) is 8.93. The fourth-order valence-electron chi connectivity index (χ4n) is 1.34. The Labute approximate surface area is 95.3 Å². The van der Waals surface area contributed by atoms with Gasteiger partial charge in [-0.2, -0.15) is 0 Å². The van der Waals surface area contributed by atoms with Crippen LogP contribution in [0.25, 0.3) is 10.9 Å². The number of nitrogen functional groups attached to an aromatic ring is 1. The number of hydrogen-bond donors (Lipinski definition) is 1. The van der Waals surface area contributed by atoms with E-state index < -0.39 is 0 Å². The van der Waals surface area contributed by atoms with Crippen molar-refractivity contribution in [3.63, 3.8) is 0 Å². The van der Waals surface area contributed by atoms with Gasteiger partial charge in [-0.3, -0.25) is 4.98 Å². The van der Waals surface area contributed by atoms with Gasteiger partial charge in [-0.15, -0.1) is 24.8 Å². The number of aryl methyl sites for hydroxylation is 1. The average Bonchev–Trinajstić information content (AvgIpc) is 2.04. The summed E-state index contributed by atoms with van der Waals surface area (Å²) in [6.07, 6.45) is 0. The summed E-state index contributed by atoms with van der Waals surface area (Å²) >= 11 is 0. The molecule has 0 amide bonds. The zero-order valence-electron chi connectivity index (χ0n) is 7.73. The van der Waals surface area contributed by atoms with Gasteiger partial charge in [0.1, 0.15) is 0 Å². The van der Waals surface area contributed by atoms with Crippen LogP contribution in [0.5, 0.6) is 0 Å². The molecule has 2 rings (SSSR count). The first kappa shape index (κ1) is 13.0. The molecular weight excluding hydrogens is 219 g/mol. The van der Waals surface area contributed by atoms with E-state index in [1.54, 1.807) is 0 Å². The Bertz CT molecular complexity index is 429. The lowest BCUT2D eigenvalue weighted by molar-refractivity contribution is 1.26. The van der Waals surface area contributed by atoms with E-state index in [0.29, 0.717) is 0 Å². The monoisotopic (exact) mass is 230 g/mol. The molecule has 0 aliphatic carbocycles. The van der Waals surface area contributed by atoms with Gasteiger partial charge in [0.2, 0.25) is 0 Å². The van der Waals surface area contributed by atoms with E-state index in [2.05, 4.69) is 4.98 Å². The van der Waals surface area contributed by atoms with E-state index in [0.717, 1.165) is 22.3 Å². The average molecular weight is 231 g/mol. The Balaban J connectivity index is 0.000000845. The molecule has 0 saturated heterocycles. The summed E-state index contributed by atoms with van der Waals surface area (Å²) in [5.74, 6) is 0. The van der Waals surface area contributed by atoms with E-state index in [1.165, 1.54) is 0 Å². The highest BCUT2D eigenvalue weighted by molar-refractivity contribution is 5.90. The molecule has 0 fully saturated rings. The number of fused-ring (bicyclic) bond motifs is 1. The van der Waals surface area contributed by atoms with Crippen molar-refractivity contribution in [2.24, 2.45) is 0 Å². The predicted octanol–water partition coefficient (Wildman–Crippen LogP) is 2.97. The standard InChI is InChI=1S/C10H10N2.2ClH/c1-7-6-9(11)8-4-2-3-5-10(8)12-7;;/h2-6H,1H3,(H2,11,12);2*1H. The zero-order valence-corrected chi connectivity index (χ0v) is 9.36. The summed E-state index contributed by atoms with van der Waals surface area (Å²) in [6.45, 7) is 1.95. The molecule has 0 aliphatic heterocycles. The first-order valence-corrected chi connectivity index (χ1v) is 3.89. The van der Waals surface area contributed by atoms with E-state index >= 15 is 0 Å². The first-order valence-electron chi connectivity index (χ1n) is 3.89. The zero-order chi connectivity index (χ0) is 8.55. The maximum Gasteiger partial charge on any atom is 0.0725 e. The molecule has 14 heavy (non-hydrogen) atoms. The molecule has 2 N–H and O–H groups in total. The molecule has 0 aliphatic rings. The largest absolute Gasteiger partial charge is 0.398 e. The number of benzene rings is 1. The van der Waals surface area contributed by atoms with Crippen molar-refractivity contribution in [1.29, 1.82) is 0 Å². The number of halogens is 2. The van der Waals surface area contributed by atoms with Crippen molar-refractivity contribution in [2.45, 2.75) is 6.92 Å². The quantitative estimate of drug-likeness (QED) is 0.756. The lowest BCUT2D eigenvalue weighted by Gasteiger charge is -2.01. The molecule has 4 heteroatoms. The van der Waals surface area contributed by atoms with Crippen LogP contribution in [0, 0.1) is 6.92 Å². The number of anilines is 1. The third-order valence-corrected chi connectivity index (χ3v) is 1.88. The molecule has 1 heterocycles. The third-order valence-electron chi connectivity index (χ3n) is 1.88. The molecule has 0 unspecified atom stereocenters. The molecule has 0 saturated carbocycles. The van der Waals surface area contributed by atoms with Gasteiger partial charge < -0.3 is 5.73 Å². The van der Waals surface area contributed by atoms with Crippen molar-refractivity contribution in [1.82, 2.24) is 4.98 Å². The van der Waals surface area contributed by atoms with Crippen molar-refractivity contribution in [3.8, 4) is 0 Å². The second-order valence-electron chi connectivity index (χ2n) is 2.87. The summed E-state index contributed by atoms with van der Waals surface area (Å²) in [4.78, 5) is 4.36. The predicted molar refractivity (Wildman–Crippen MR) is 65.4 cm³/mol. The Morgan fingerprint density at radius 3 is 2.50 bits per heavy atom. The summed E-state index contributed by atoms with van der Waals surface area (Å²) in [6, 6.07) is 9.78. The molecular formula is C10H12Cl2N2. The summed E-state index contributed by atoms with van der Waals surface area (Å²) in [7, 11) is 0. The second kappa shape index (κ2) is 5.03. The van der Waals surface area contributed by atoms with Gasteiger partial charge in [0.05, 0.1) is 5.52 Å². The number of nitrogens with zero attached hydrogens (tertiary/aromatic N) is 1. The van der Waals surface area contributed by atoms with E-state index in [1.807, 2.05) is 37.3 Å². The van der Waals surface area contributed by atoms with Gasteiger partial charge in [-0.25, -0.2) is 0 Å². The van der Waals surface area contributed by atoms with Crippen molar-refractivity contribution >= 4 is 41.4 Å². The molecule has 76 valence electrons.